The highest BCUT2D eigenvalue weighted by atomic mass is 32.1. The van der Waals surface area contributed by atoms with Crippen molar-refractivity contribution in [2.75, 3.05) is 0 Å². The van der Waals surface area contributed by atoms with Gasteiger partial charge in [0.15, 0.2) is 0 Å². The molecule has 1 heterocycles. The highest BCUT2D eigenvalue weighted by Crippen LogP contribution is 2.48. The third-order valence-electron chi connectivity index (χ3n) is 3.98. The lowest BCUT2D eigenvalue weighted by Crippen LogP contribution is -2.26. The molecular weight excluding hydrogens is 220 g/mol. The Kier molecular flexibility index (Phi) is 2.43. The van der Waals surface area contributed by atoms with Gasteiger partial charge < -0.3 is 0 Å². The quantitative estimate of drug-likeness (QED) is 0.748. The summed E-state index contributed by atoms with van der Waals surface area (Å²) in [6, 6.07) is 4.17. The minimum atomic E-state index is 0.0355. The molecule has 3 heteroatoms. The van der Waals surface area contributed by atoms with E-state index in [-0.39, 0.29) is 11.7 Å². The Hall–Kier alpha value is -0.960. The molecule has 0 radical (unpaired) electrons. The molecule has 0 aromatic carbocycles. The molecule has 1 aromatic heterocycles. The van der Waals surface area contributed by atoms with E-state index in [9.17, 15) is 9.59 Å². The second-order valence-electron chi connectivity index (χ2n) is 4.84. The zero-order chi connectivity index (χ0) is 11.1. The number of carbonyl (C=O) groups is 2. The molecular formula is C13H14O2S. The van der Waals surface area contributed by atoms with Crippen LogP contribution >= 0.6 is 11.3 Å². The first-order valence-corrected chi connectivity index (χ1v) is 6.71. The second-order valence-corrected chi connectivity index (χ2v) is 5.82. The lowest BCUT2D eigenvalue weighted by Gasteiger charge is -2.26. The van der Waals surface area contributed by atoms with Gasteiger partial charge >= 0.3 is 0 Å². The van der Waals surface area contributed by atoms with Gasteiger partial charge in [0.1, 0.15) is 11.6 Å². The molecule has 16 heavy (non-hydrogen) atoms. The molecule has 0 amide bonds. The van der Waals surface area contributed by atoms with Gasteiger partial charge in [-0.1, -0.05) is 6.07 Å². The molecule has 3 atom stereocenters. The van der Waals surface area contributed by atoms with Gasteiger partial charge in [0.25, 0.3) is 0 Å². The van der Waals surface area contributed by atoms with E-state index in [0.717, 1.165) is 6.42 Å². The van der Waals surface area contributed by atoms with Crippen LogP contribution in [0.3, 0.4) is 0 Å². The van der Waals surface area contributed by atoms with Crippen LogP contribution in [0.1, 0.15) is 36.5 Å². The molecule has 1 aromatic rings. The first-order chi connectivity index (χ1) is 7.75. The molecule has 84 valence electrons. The summed E-state index contributed by atoms with van der Waals surface area (Å²) in [7, 11) is 0. The van der Waals surface area contributed by atoms with Crippen molar-refractivity contribution in [3.05, 3.63) is 22.4 Å². The monoisotopic (exact) mass is 234 g/mol. The van der Waals surface area contributed by atoms with E-state index in [1.54, 1.807) is 11.3 Å². The molecule has 2 aliphatic rings. The Labute approximate surface area is 98.7 Å². The van der Waals surface area contributed by atoms with Crippen LogP contribution in [0.15, 0.2) is 17.5 Å². The van der Waals surface area contributed by atoms with Gasteiger partial charge in [0, 0.05) is 36.0 Å². The summed E-state index contributed by atoms with van der Waals surface area (Å²) in [6.45, 7) is 0. The normalized spacial score (nSPS) is 34.1. The SMILES string of the molecule is O=C1CC[C@@H]2[C@H](C1)C(=O)C[C@@H]2c1cccs1. The number of Topliss-reactive ketones (excluding diaryl/α,β-unsaturated/α-hetero) is 2. The zero-order valence-electron chi connectivity index (χ0n) is 9.02. The van der Waals surface area contributed by atoms with E-state index in [4.69, 9.17) is 0 Å². The number of thiophene rings is 1. The van der Waals surface area contributed by atoms with Crippen molar-refractivity contribution in [2.45, 2.75) is 31.6 Å². The predicted molar refractivity (Wildman–Crippen MR) is 62.5 cm³/mol. The summed E-state index contributed by atoms with van der Waals surface area (Å²) >= 11 is 1.74. The van der Waals surface area contributed by atoms with Gasteiger partial charge in [-0.05, 0) is 23.8 Å². The largest absolute Gasteiger partial charge is 0.300 e. The molecule has 0 aliphatic heterocycles. The Morgan fingerprint density at radius 2 is 2.06 bits per heavy atom. The molecule has 2 fully saturated rings. The van der Waals surface area contributed by atoms with E-state index < -0.39 is 0 Å². The fourth-order valence-electron chi connectivity index (χ4n) is 3.20. The minimum absolute atomic E-state index is 0.0355. The highest BCUT2D eigenvalue weighted by Gasteiger charge is 2.45. The van der Waals surface area contributed by atoms with Crippen molar-refractivity contribution >= 4 is 22.9 Å². The lowest BCUT2D eigenvalue weighted by atomic mass is 9.77. The first-order valence-electron chi connectivity index (χ1n) is 5.83. The van der Waals surface area contributed by atoms with Crippen molar-refractivity contribution < 1.29 is 9.59 Å². The summed E-state index contributed by atoms with van der Waals surface area (Å²) in [5.41, 5.74) is 0. The van der Waals surface area contributed by atoms with Crippen LogP contribution < -0.4 is 0 Å². The highest BCUT2D eigenvalue weighted by molar-refractivity contribution is 7.10. The molecule has 0 bridgehead atoms. The fourth-order valence-corrected chi connectivity index (χ4v) is 4.10. The van der Waals surface area contributed by atoms with Crippen LogP contribution in [0.2, 0.25) is 0 Å². The van der Waals surface area contributed by atoms with Crippen LogP contribution in [-0.2, 0) is 9.59 Å². The van der Waals surface area contributed by atoms with E-state index in [0.29, 0.717) is 36.9 Å². The summed E-state index contributed by atoms with van der Waals surface area (Å²) in [6.07, 6.45) is 2.75. The summed E-state index contributed by atoms with van der Waals surface area (Å²) < 4.78 is 0. The number of ketones is 2. The molecule has 0 unspecified atom stereocenters. The maximum Gasteiger partial charge on any atom is 0.137 e. The second kappa shape index (κ2) is 3.81. The molecule has 2 aliphatic carbocycles. The van der Waals surface area contributed by atoms with Crippen LogP contribution in [0.5, 0.6) is 0 Å². The summed E-state index contributed by atoms with van der Waals surface area (Å²) in [5, 5.41) is 2.07. The summed E-state index contributed by atoms with van der Waals surface area (Å²) in [5.74, 6) is 1.46. The third kappa shape index (κ3) is 1.54. The standard InChI is InChI=1S/C13H14O2S/c14-8-3-4-9-10(6-8)12(15)7-11(9)13-2-1-5-16-13/h1-2,5,9-11H,3-4,6-7H2/t9-,10+,11+/m1/s1. The number of hydrogen-bond acceptors (Lipinski definition) is 3. The Morgan fingerprint density at radius 1 is 1.19 bits per heavy atom. The Balaban J connectivity index is 1.88. The predicted octanol–water partition coefficient (Wildman–Crippen LogP) is 2.79. The molecule has 0 spiro atoms. The van der Waals surface area contributed by atoms with Gasteiger partial charge in [-0.2, -0.15) is 0 Å². The molecule has 3 rings (SSSR count). The van der Waals surface area contributed by atoms with Gasteiger partial charge in [0.05, 0.1) is 0 Å². The van der Waals surface area contributed by atoms with E-state index in [1.165, 1.54) is 4.88 Å². The van der Waals surface area contributed by atoms with Gasteiger partial charge in [-0.3, -0.25) is 9.59 Å². The van der Waals surface area contributed by atoms with Crippen molar-refractivity contribution in [3.63, 3.8) is 0 Å². The third-order valence-corrected chi connectivity index (χ3v) is 4.99. The van der Waals surface area contributed by atoms with Gasteiger partial charge in [-0.15, -0.1) is 11.3 Å². The maximum absolute atomic E-state index is 11.9. The molecule has 0 N–H and O–H groups in total. The van der Waals surface area contributed by atoms with Crippen LogP contribution in [0, 0.1) is 11.8 Å². The lowest BCUT2D eigenvalue weighted by molar-refractivity contribution is -0.129. The summed E-state index contributed by atoms with van der Waals surface area (Å²) in [4.78, 5) is 24.6. The van der Waals surface area contributed by atoms with Crippen molar-refractivity contribution in [3.8, 4) is 0 Å². The Bertz CT molecular complexity index is 421. The average molecular weight is 234 g/mol. The minimum Gasteiger partial charge on any atom is -0.300 e. The smallest absolute Gasteiger partial charge is 0.137 e. The topological polar surface area (TPSA) is 34.1 Å². The van der Waals surface area contributed by atoms with Crippen molar-refractivity contribution in [1.82, 2.24) is 0 Å². The Morgan fingerprint density at radius 3 is 2.81 bits per heavy atom. The van der Waals surface area contributed by atoms with Crippen molar-refractivity contribution in [1.29, 1.82) is 0 Å². The van der Waals surface area contributed by atoms with Gasteiger partial charge in [0.2, 0.25) is 0 Å². The number of hydrogen-bond donors (Lipinski definition) is 0. The van der Waals surface area contributed by atoms with Crippen LogP contribution in [-0.4, -0.2) is 11.6 Å². The first kappa shape index (κ1) is 10.2. The van der Waals surface area contributed by atoms with E-state index >= 15 is 0 Å². The number of fused-ring (bicyclic) bond motifs is 1. The fraction of sp³-hybridized carbons (Fsp3) is 0.538. The average Bonchev–Trinajstić information content (AvgIpc) is 2.87. The van der Waals surface area contributed by atoms with Gasteiger partial charge in [-0.25, -0.2) is 0 Å². The number of rotatable bonds is 1. The zero-order valence-corrected chi connectivity index (χ0v) is 9.83. The van der Waals surface area contributed by atoms with E-state index in [2.05, 4.69) is 11.4 Å². The number of carbonyl (C=O) groups excluding carboxylic acids is 2. The van der Waals surface area contributed by atoms with Crippen molar-refractivity contribution in [2.24, 2.45) is 11.8 Å². The molecule has 2 saturated carbocycles. The van der Waals surface area contributed by atoms with E-state index in [1.807, 2.05) is 6.07 Å². The molecule has 0 saturated heterocycles. The van der Waals surface area contributed by atoms with Crippen LogP contribution in [0.25, 0.3) is 0 Å². The maximum atomic E-state index is 11.9. The van der Waals surface area contributed by atoms with Crippen LogP contribution in [0.4, 0.5) is 0 Å². The molecule has 2 nitrogen and oxygen atoms in total.